The minimum Gasteiger partial charge on any atom is -0.454 e. The third-order valence-corrected chi connectivity index (χ3v) is 5.32. The van der Waals surface area contributed by atoms with E-state index in [4.69, 9.17) is 14.3 Å². The van der Waals surface area contributed by atoms with Crippen molar-refractivity contribution in [2.75, 3.05) is 0 Å². The van der Waals surface area contributed by atoms with Gasteiger partial charge in [0.25, 0.3) is 0 Å². The van der Waals surface area contributed by atoms with Crippen LogP contribution in [0.5, 0.6) is 5.75 Å². The van der Waals surface area contributed by atoms with Crippen LogP contribution in [0, 0.1) is 0 Å². The summed E-state index contributed by atoms with van der Waals surface area (Å²) >= 11 is 0. The van der Waals surface area contributed by atoms with Gasteiger partial charge in [0.2, 0.25) is 0 Å². The Hall–Kier alpha value is -4.38. The number of carbonyl (C=O) groups is 1. The molecule has 0 bridgehead atoms. The molecule has 0 amide bonds. The van der Waals surface area contributed by atoms with Crippen LogP contribution in [0.1, 0.15) is 11.1 Å². The number of hydrogen-bond donors (Lipinski definition) is 0. The number of furan rings is 1. The number of esters is 1. The Morgan fingerprint density at radius 1 is 0.871 bits per heavy atom. The third kappa shape index (κ3) is 2.95. The predicted octanol–water partition coefficient (Wildman–Crippen LogP) is 5.75. The van der Waals surface area contributed by atoms with Gasteiger partial charge in [-0.05, 0) is 36.4 Å². The molecular weight excluding hydrogens is 388 g/mol. The van der Waals surface area contributed by atoms with Crippen molar-refractivity contribution in [3.05, 3.63) is 102 Å². The van der Waals surface area contributed by atoms with E-state index in [0.717, 1.165) is 27.8 Å². The van der Waals surface area contributed by atoms with Crippen LogP contribution in [-0.2, 0) is 4.79 Å². The number of benzene rings is 3. The Bertz CT molecular complexity index is 1440. The molecule has 2 aromatic heterocycles. The summed E-state index contributed by atoms with van der Waals surface area (Å²) in [6, 6.07) is 27.1. The summed E-state index contributed by atoms with van der Waals surface area (Å²) < 4.78 is 13.3. The minimum atomic E-state index is -0.371. The molecule has 1 aliphatic heterocycles. The molecule has 0 unspecified atom stereocenters. The van der Waals surface area contributed by atoms with Crippen molar-refractivity contribution in [3.63, 3.8) is 0 Å². The average molecular weight is 404 g/mol. The van der Waals surface area contributed by atoms with Gasteiger partial charge in [0.1, 0.15) is 17.0 Å². The highest BCUT2D eigenvalue weighted by Gasteiger charge is 2.27. The summed E-state index contributed by atoms with van der Waals surface area (Å²) in [7, 11) is 0. The summed E-state index contributed by atoms with van der Waals surface area (Å²) in [5.74, 6) is 0.839. The zero-order valence-electron chi connectivity index (χ0n) is 16.4. The quantitative estimate of drug-likeness (QED) is 0.218. The fourth-order valence-corrected chi connectivity index (χ4v) is 3.83. The van der Waals surface area contributed by atoms with Gasteiger partial charge in [0.05, 0.1) is 11.3 Å². The van der Waals surface area contributed by atoms with Gasteiger partial charge in [-0.1, -0.05) is 54.6 Å². The first-order valence-corrected chi connectivity index (χ1v) is 9.93. The van der Waals surface area contributed by atoms with E-state index in [1.807, 2.05) is 91.1 Å². The van der Waals surface area contributed by atoms with E-state index < -0.39 is 0 Å². The van der Waals surface area contributed by atoms with Crippen molar-refractivity contribution in [1.82, 2.24) is 9.78 Å². The van der Waals surface area contributed by atoms with Crippen molar-refractivity contribution in [2.45, 2.75) is 0 Å². The number of para-hydroxylation sites is 3. The van der Waals surface area contributed by atoms with Crippen molar-refractivity contribution in [2.24, 2.45) is 0 Å². The Morgan fingerprint density at radius 3 is 2.52 bits per heavy atom. The number of aromatic nitrogens is 2. The number of nitrogens with zero attached hydrogens (tertiary/aromatic N) is 2. The van der Waals surface area contributed by atoms with Gasteiger partial charge >= 0.3 is 5.97 Å². The first-order valence-electron chi connectivity index (χ1n) is 9.93. The molecule has 3 heterocycles. The molecule has 31 heavy (non-hydrogen) atoms. The van der Waals surface area contributed by atoms with E-state index in [9.17, 15) is 4.79 Å². The Morgan fingerprint density at radius 2 is 1.65 bits per heavy atom. The van der Waals surface area contributed by atoms with E-state index >= 15 is 0 Å². The molecule has 0 spiro atoms. The maximum atomic E-state index is 12.6. The lowest BCUT2D eigenvalue weighted by molar-refractivity contribution is -0.126. The van der Waals surface area contributed by atoms with Crippen molar-refractivity contribution >= 4 is 28.6 Å². The molecule has 0 N–H and O–H groups in total. The Balaban J connectivity index is 1.55. The summed E-state index contributed by atoms with van der Waals surface area (Å²) in [6.45, 7) is 0. The zero-order chi connectivity index (χ0) is 20.8. The van der Waals surface area contributed by atoms with Gasteiger partial charge in [-0.3, -0.25) is 0 Å². The summed E-state index contributed by atoms with van der Waals surface area (Å²) in [5, 5.41) is 5.79. The van der Waals surface area contributed by atoms with E-state index in [0.29, 0.717) is 22.8 Å². The smallest absolute Gasteiger partial charge is 0.344 e. The lowest BCUT2D eigenvalue weighted by Gasteiger charge is -1.98. The highest BCUT2D eigenvalue weighted by molar-refractivity contribution is 6.26. The number of carbonyl (C=O) groups excluding carboxylic acids is 1. The highest BCUT2D eigenvalue weighted by Crippen LogP contribution is 2.37. The monoisotopic (exact) mass is 404 g/mol. The third-order valence-electron chi connectivity index (χ3n) is 5.32. The molecule has 0 fully saturated rings. The van der Waals surface area contributed by atoms with Gasteiger partial charge in [-0.25, -0.2) is 9.48 Å². The van der Waals surface area contributed by atoms with Crippen molar-refractivity contribution < 1.29 is 13.9 Å². The lowest BCUT2D eigenvalue weighted by atomic mass is 10.0. The molecule has 0 atom stereocenters. The molecule has 0 radical (unpaired) electrons. The number of fused-ring (bicyclic) bond motifs is 2. The molecular formula is C26H16N2O3. The summed E-state index contributed by atoms with van der Waals surface area (Å²) in [4.78, 5) is 12.6. The van der Waals surface area contributed by atoms with Crippen LogP contribution in [0.15, 0.2) is 95.5 Å². The molecule has 1 aliphatic rings. The lowest BCUT2D eigenvalue weighted by Crippen LogP contribution is -2.00. The van der Waals surface area contributed by atoms with E-state index in [1.54, 1.807) is 10.7 Å². The van der Waals surface area contributed by atoms with Gasteiger partial charge in [0.15, 0.2) is 5.76 Å². The maximum absolute atomic E-state index is 12.6. The van der Waals surface area contributed by atoms with Crippen LogP contribution in [0.25, 0.3) is 39.8 Å². The predicted molar refractivity (Wildman–Crippen MR) is 119 cm³/mol. The second-order valence-corrected chi connectivity index (χ2v) is 7.31. The molecule has 0 saturated heterocycles. The Labute approximate surface area is 177 Å². The zero-order valence-corrected chi connectivity index (χ0v) is 16.4. The van der Waals surface area contributed by atoms with Crippen molar-refractivity contribution in [3.8, 4) is 22.9 Å². The van der Waals surface area contributed by atoms with Gasteiger partial charge in [0, 0.05) is 22.7 Å². The molecule has 148 valence electrons. The van der Waals surface area contributed by atoms with Crippen LogP contribution in [0.3, 0.4) is 0 Å². The molecule has 0 aliphatic carbocycles. The SMILES string of the molecule is O=C1Oc2ccccc2/C1=C\c1cn(-c2ccccc2)nc1-c1cc2ccccc2o1. The molecule has 5 nitrogen and oxygen atoms in total. The largest absolute Gasteiger partial charge is 0.454 e. The second-order valence-electron chi connectivity index (χ2n) is 7.31. The molecule has 0 saturated carbocycles. The van der Waals surface area contributed by atoms with Crippen LogP contribution in [-0.4, -0.2) is 15.7 Å². The topological polar surface area (TPSA) is 57.3 Å². The van der Waals surface area contributed by atoms with E-state index in [-0.39, 0.29) is 5.97 Å². The summed E-state index contributed by atoms with van der Waals surface area (Å²) in [6.07, 6.45) is 3.72. The maximum Gasteiger partial charge on any atom is 0.344 e. The van der Waals surface area contributed by atoms with Gasteiger partial charge in [-0.2, -0.15) is 5.10 Å². The molecule has 5 heteroatoms. The number of ether oxygens (including phenoxy) is 1. The first kappa shape index (κ1) is 17.5. The van der Waals surface area contributed by atoms with Gasteiger partial charge < -0.3 is 9.15 Å². The average Bonchev–Trinajstić information content (AvgIpc) is 3.50. The fourth-order valence-electron chi connectivity index (χ4n) is 3.83. The second kappa shape index (κ2) is 6.85. The standard InChI is InChI=1S/C26H16N2O3/c29-26-21(20-11-5-7-13-23(20)31-26)14-18-16-28(19-9-2-1-3-10-19)27-25(18)24-15-17-8-4-6-12-22(17)30-24/h1-16H/b21-14+. The van der Waals surface area contributed by atoms with Crippen LogP contribution in [0.2, 0.25) is 0 Å². The molecule has 5 aromatic rings. The fraction of sp³-hybridized carbons (Fsp3) is 0. The summed E-state index contributed by atoms with van der Waals surface area (Å²) in [5.41, 5.74) is 4.40. The number of hydrogen-bond acceptors (Lipinski definition) is 4. The van der Waals surface area contributed by atoms with Crippen molar-refractivity contribution in [1.29, 1.82) is 0 Å². The minimum absolute atomic E-state index is 0.371. The number of rotatable bonds is 3. The highest BCUT2D eigenvalue weighted by atomic mass is 16.5. The first-order chi connectivity index (χ1) is 15.3. The van der Waals surface area contributed by atoms with E-state index in [2.05, 4.69) is 0 Å². The normalized spacial score (nSPS) is 14.2. The van der Waals surface area contributed by atoms with E-state index in [1.165, 1.54) is 0 Å². The van der Waals surface area contributed by atoms with Crippen LogP contribution >= 0.6 is 0 Å². The Kier molecular flexibility index (Phi) is 3.86. The van der Waals surface area contributed by atoms with Crippen LogP contribution < -0.4 is 4.74 Å². The molecule has 3 aromatic carbocycles. The molecule has 6 rings (SSSR count). The van der Waals surface area contributed by atoms with Crippen LogP contribution in [0.4, 0.5) is 0 Å². The van der Waals surface area contributed by atoms with Gasteiger partial charge in [-0.15, -0.1) is 0 Å².